The molecule has 0 saturated carbocycles. The maximum absolute atomic E-state index is 13.0. The number of carbonyl (C=O) groups is 1. The van der Waals surface area contributed by atoms with Crippen LogP contribution < -0.4 is 0 Å². The molecular weight excluding hydrogens is 343 g/mol. The number of hydrogen-bond donors (Lipinski definition) is 1. The van der Waals surface area contributed by atoms with Gasteiger partial charge in [0.25, 0.3) is 0 Å². The molecule has 3 rings (SSSR count). The Bertz CT molecular complexity index is 983. The molecule has 0 atom stereocenters. The number of nitrogens with one attached hydrogen (secondary N) is 1. The lowest BCUT2D eigenvalue weighted by atomic mass is 9.92. The topological polar surface area (TPSA) is 56.6 Å². The number of halogens is 2. The van der Waals surface area contributed by atoms with Gasteiger partial charge in [-0.3, -0.25) is 4.79 Å². The van der Waals surface area contributed by atoms with E-state index in [2.05, 4.69) is 11.1 Å². The number of rotatable bonds is 3. The molecular formula is C19H12Cl2N2O. The normalized spacial score (nSPS) is 10.4. The van der Waals surface area contributed by atoms with Crippen LogP contribution in [-0.2, 0) is 0 Å². The van der Waals surface area contributed by atoms with Gasteiger partial charge in [0.1, 0.15) is 6.07 Å². The minimum atomic E-state index is -0.234. The number of aromatic nitrogens is 1. The van der Waals surface area contributed by atoms with Crippen LogP contribution in [0.3, 0.4) is 0 Å². The fourth-order valence-corrected chi connectivity index (χ4v) is 3.07. The van der Waals surface area contributed by atoms with Crippen LogP contribution in [0.2, 0.25) is 10.0 Å². The summed E-state index contributed by atoms with van der Waals surface area (Å²) in [6.45, 7) is 1.86. The second-order valence-electron chi connectivity index (χ2n) is 5.31. The number of nitriles is 1. The Kier molecular flexibility index (Phi) is 4.44. The summed E-state index contributed by atoms with van der Waals surface area (Å²) in [5.74, 6) is -0.234. The molecule has 3 nitrogen and oxygen atoms in total. The van der Waals surface area contributed by atoms with Crippen molar-refractivity contribution < 1.29 is 4.79 Å². The van der Waals surface area contributed by atoms with Gasteiger partial charge in [0.2, 0.25) is 0 Å². The van der Waals surface area contributed by atoms with E-state index in [-0.39, 0.29) is 5.78 Å². The molecule has 0 aliphatic carbocycles. The summed E-state index contributed by atoms with van der Waals surface area (Å²) in [5.41, 5.74) is 3.44. The van der Waals surface area contributed by atoms with Gasteiger partial charge in [-0.2, -0.15) is 5.26 Å². The van der Waals surface area contributed by atoms with Crippen molar-refractivity contribution >= 4 is 29.0 Å². The maximum Gasteiger partial charge on any atom is 0.195 e. The molecule has 1 N–H and O–H groups in total. The second kappa shape index (κ2) is 6.52. The van der Waals surface area contributed by atoms with Crippen LogP contribution in [0.15, 0.2) is 48.7 Å². The molecule has 0 fully saturated rings. The van der Waals surface area contributed by atoms with Gasteiger partial charge in [0.05, 0.1) is 10.6 Å². The highest BCUT2D eigenvalue weighted by Crippen LogP contribution is 2.33. The third kappa shape index (κ3) is 2.82. The summed E-state index contributed by atoms with van der Waals surface area (Å²) < 4.78 is 0. The highest BCUT2D eigenvalue weighted by Gasteiger charge is 2.21. The number of aryl methyl sites for hydroxylation is 1. The Morgan fingerprint density at radius 3 is 2.58 bits per heavy atom. The van der Waals surface area contributed by atoms with Crippen molar-refractivity contribution in [3.63, 3.8) is 0 Å². The molecule has 24 heavy (non-hydrogen) atoms. The van der Waals surface area contributed by atoms with Crippen LogP contribution >= 0.6 is 23.2 Å². The molecule has 1 aromatic heterocycles. The fraction of sp³-hybridized carbons (Fsp3) is 0.0526. The molecule has 2 aromatic carbocycles. The van der Waals surface area contributed by atoms with Gasteiger partial charge < -0.3 is 4.98 Å². The highest BCUT2D eigenvalue weighted by atomic mass is 35.5. The predicted molar refractivity (Wildman–Crippen MR) is 95.6 cm³/mol. The summed E-state index contributed by atoms with van der Waals surface area (Å²) in [6.07, 6.45) is 1.63. The van der Waals surface area contributed by atoms with Crippen molar-refractivity contribution in [2.24, 2.45) is 0 Å². The molecule has 0 unspecified atom stereocenters. The van der Waals surface area contributed by atoms with Gasteiger partial charge in [0.15, 0.2) is 5.78 Å². The highest BCUT2D eigenvalue weighted by molar-refractivity contribution is 6.35. The van der Waals surface area contributed by atoms with E-state index in [9.17, 15) is 10.1 Å². The lowest BCUT2D eigenvalue weighted by Gasteiger charge is -2.11. The molecule has 0 radical (unpaired) electrons. The molecule has 0 aliphatic rings. The third-order valence-corrected chi connectivity index (χ3v) is 4.38. The average molecular weight is 355 g/mol. The molecule has 0 aliphatic heterocycles. The number of benzene rings is 2. The monoisotopic (exact) mass is 354 g/mol. The first kappa shape index (κ1) is 16.3. The van der Waals surface area contributed by atoms with Gasteiger partial charge in [-0.15, -0.1) is 0 Å². The minimum Gasteiger partial charge on any atom is -0.363 e. The summed E-state index contributed by atoms with van der Waals surface area (Å²) in [6, 6.07) is 14.1. The first-order chi connectivity index (χ1) is 11.5. The van der Waals surface area contributed by atoms with Crippen molar-refractivity contribution in [3.05, 3.63) is 81.1 Å². The zero-order chi connectivity index (χ0) is 17.3. The van der Waals surface area contributed by atoms with Crippen LogP contribution in [0.4, 0.5) is 0 Å². The summed E-state index contributed by atoms with van der Waals surface area (Å²) >= 11 is 12.3. The number of carbonyl (C=O) groups excluding carboxylic acids is 1. The summed E-state index contributed by atoms with van der Waals surface area (Å²) in [4.78, 5) is 16.0. The predicted octanol–water partition coefficient (Wildman–Crippen LogP) is 5.40. The Balaban J connectivity index is 2.25. The average Bonchev–Trinajstić information content (AvgIpc) is 2.95. The molecule has 118 valence electrons. The minimum absolute atomic E-state index is 0.234. The molecule has 0 spiro atoms. The van der Waals surface area contributed by atoms with Crippen LogP contribution in [0.1, 0.15) is 27.2 Å². The van der Waals surface area contributed by atoms with E-state index >= 15 is 0 Å². The zero-order valence-electron chi connectivity index (χ0n) is 12.7. The van der Waals surface area contributed by atoms with E-state index in [0.717, 1.165) is 5.69 Å². The van der Waals surface area contributed by atoms with Gasteiger partial charge in [0, 0.05) is 33.6 Å². The number of hydrogen-bond acceptors (Lipinski definition) is 2. The first-order valence-corrected chi connectivity index (χ1v) is 7.95. The lowest BCUT2D eigenvalue weighted by molar-refractivity contribution is 0.103. The van der Waals surface area contributed by atoms with E-state index in [1.54, 1.807) is 48.7 Å². The van der Waals surface area contributed by atoms with Crippen LogP contribution in [-0.4, -0.2) is 10.8 Å². The summed E-state index contributed by atoms with van der Waals surface area (Å²) in [7, 11) is 0. The molecule has 0 bridgehead atoms. The van der Waals surface area contributed by atoms with Crippen molar-refractivity contribution in [3.8, 4) is 17.2 Å². The Morgan fingerprint density at radius 1 is 1.12 bits per heavy atom. The van der Waals surface area contributed by atoms with E-state index in [1.807, 2.05) is 6.92 Å². The second-order valence-corrected chi connectivity index (χ2v) is 6.16. The number of H-pyrrole nitrogens is 1. The Labute approximate surface area is 149 Å². The zero-order valence-corrected chi connectivity index (χ0v) is 14.2. The SMILES string of the molecule is Cc1[nH]cc(C#N)c1-c1ccc(Cl)cc1C(=O)c1ccccc1Cl. The van der Waals surface area contributed by atoms with Crippen molar-refractivity contribution in [1.82, 2.24) is 4.98 Å². The third-order valence-electron chi connectivity index (χ3n) is 3.81. The first-order valence-electron chi connectivity index (χ1n) is 7.20. The molecule has 1 heterocycles. The molecule has 0 amide bonds. The van der Waals surface area contributed by atoms with Crippen molar-refractivity contribution in [2.75, 3.05) is 0 Å². The van der Waals surface area contributed by atoms with Crippen LogP contribution in [0.25, 0.3) is 11.1 Å². The maximum atomic E-state index is 13.0. The quantitative estimate of drug-likeness (QED) is 0.640. The van der Waals surface area contributed by atoms with E-state index < -0.39 is 0 Å². The lowest BCUT2D eigenvalue weighted by Crippen LogP contribution is -2.05. The van der Waals surface area contributed by atoms with Gasteiger partial charge in [-0.25, -0.2) is 0 Å². The molecule has 5 heteroatoms. The standard InChI is InChI=1S/C19H12Cl2N2O/c1-11-18(12(9-22)10-23-11)14-7-6-13(20)8-16(14)19(24)15-4-2-3-5-17(15)21/h2-8,10,23H,1H3. The van der Waals surface area contributed by atoms with Crippen molar-refractivity contribution in [2.45, 2.75) is 6.92 Å². The summed E-state index contributed by atoms with van der Waals surface area (Å²) in [5, 5.41) is 10.2. The van der Waals surface area contributed by atoms with Gasteiger partial charge in [-0.05, 0) is 36.8 Å². The van der Waals surface area contributed by atoms with Gasteiger partial charge >= 0.3 is 0 Å². The van der Waals surface area contributed by atoms with Crippen molar-refractivity contribution in [1.29, 1.82) is 5.26 Å². The number of ketones is 1. The molecule has 0 saturated heterocycles. The Morgan fingerprint density at radius 2 is 1.88 bits per heavy atom. The van der Waals surface area contributed by atoms with Crippen LogP contribution in [0.5, 0.6) is 0 Å². The van der Waals surface area contributed by atoms with E-state index in [1.165, 1.54) is 0 Å². The Hall–Kier alpha value is -2.54. The number of aromatic amines is 1. The largest absolute Gasteiger partial charge is 0.363 e. The van der Waals surface area contributed by atoms with Gasteiger partial charge in [-0.1, -0.05) is 41.4 Å². The van der Waals surface area contributed by atoms with Crippen LogP contribution in [0, 0.1) is 18.3 Å². The fourth-order valence-electron chi connectivity index (χ4n) is 2.67. The van der Waals surface area contributed by atoms with E-state index in [0.29, 0.717) is 37.9 Å². The number of nitrogens with zero attached hydrogens (tertiary/aromatic N) is 1. The van der Waals surface area contributed by atoms with E-state index in [4.69, 9.17) is 23.2 Å². The smallest absolute Gasteiger partial charge is 0.195 e. The molecule has 3 aromatic rings.